The number of hydrogen-bond donors (Lipinski definition) is 1. The molecule has 1 aliphatic heterocycles. The molecule has 2 aliphatic rings. The quantitative estimate of drug-likeness (QED) is 0.638. The topological polar surface area (TPSA) is 29.3 Å². The SMILES string of the molecule is C[C@H]1CCCN1C[C@H]1C[C@@H]1N. The number of nitrogens with two attached hydrogens (primary N) is 1. The maximum atomic E-state index is 5.76. The highest BCUT2D eigenvalue weighted by molar-refractivity contribution is 4.93. The minimum absolute atomic E-state index is 0.530. The van der Waals surface area contributed by atoms with Crippen molar-refractivity contribution in [3.8, 4) is 0 Å². The minimum atomic E-state index is 0.530. The third kappa shape index (κ3) is 1.57. The minimum Gasteiger partial charge on any atom is -0.327 e. The van der Waals surface area contributed by atoms with Crippen LogP contribution in [0.4, 0.5) is 0 Å². The second-order valence-corrected chi connectivity index (χ2v) is 4.15. The van der Waals surface area contributed by atoms with Gasteiger partial charge >= 0.3 is 0 Å². The van der Waals surface area contributed by atoms with E-state index in [1.54, 1.807) is 0 Å². The third-order valence-corrected chi connectivity index (χ3v) is 3.14. The Labute approximate surface area is 68.7 Å². The van der Waals surface area contributed by atoms with Gasteiger partial charge in [0.25, 0.3) is 0 Å². The Balaban J connectivity index is 1.77. The van der Waals surface area contributed by atoms with E-state index in [0.717, 1.165) is 12.0 Å². The number of rotatable bonds is 2. The van der Waals surface area contributed by atoms with Crippen molar-refractivity contribution in [2.75, 3.05) is 13.1 Å². The summed E-state index contributed by atoms with van der Waals surface area (Å²) >= 11 is 0. The zero-order valence-corrected chi connectivity index (χ0v) is 7.29. The summed E-state index contributed by atoms with van der Waals surface area (Å²) in [7, 11) is 0. The first kappa shape index (κ1) is 7.56. The molecule has 1 aliphatic carbocycles. The monoisotopic (exact) mass is 154 g/mol. The Morgan fingerprint density at radius 2 is 2.27 bits per heavy atom. The molecule has 0 spiro atoms. The van der Waals surface area contributed by atoms with Gasteiger partial charge in [0, 0.05) is 18.6 Å². The largest absolute Gasteiger partial charge is 0.327 e. The number of likely N-dealkylation sites (tertiary alicyclic amines) is 1. The predicted octanol–water partition coefficient (Wildman–Crippen LogP) is 0.818. The standard InChI is InChI=1S/C9H18N2/c1-7-3-2-4-11(7)6-8-5-9(8)10/h7-9H,2-6,10H2,1H3/t7-,8+,9-/m0/s1. The molecule has 2 fully saturated rings. The van der Waals surface area contributed by atoms with E-state index >= 15 is 0 Å². The molecule has 0 radical (unpaired) electrons. The zero-order chi connectivity index (χ0) is 7.84. The van der Waals surface area contributed by atoms with Gasteiger partial charge in [0.15, 0.2) is 0 Å². The normalized spacial score (nSPS) is 44.7. The fourth-order valence-corrected chi connectivity index (χ4v) is 2.05. The fourth-order valence-electron chi connectivity index (χ4n) is 2.05. The molecule has 1 saturated carbocycles. The lowest BCUT2D eigenvalue weighted by molar-refractivity contribution is 0.256. The zero-order valence-electron chi connectivity index (χ0n) is 7.29. The smallest absolute Gasteiger partial charge is 0.00836 e. The van der Waals surface area contributed by atoms with E-state index in [0.29, 0.717) is 6.04 Å². The molecule has 0 amide bonds. The van der Waals surface area contributed by atoms with Gasteiger partial charge in [-0.05, 0) is 38.6 Å². The van der Waals surface area contributed by atoms with Crippen LogP contribution in [0.3, 0.4) is 0 Å². The molecular formula is C9H18N2. The van der Waals surface area contributed by atoms with Crippen LogP contribution in [0.15, 0.2) is 0 Å². The van der Waals surface area contributed by atoms with Crippen LogP contribution < -0.4 is 5.73 Å². The summed E-state index contributed by atoms with van der Waals surface area (Å²) in [5.74, 6) is 0.829. The number of hydrogen-bond acceptors (Lipinski definition) is 2. The van der Waals surface area contributed by atoms with Crippen LogP contribution >= 0.6 is 0 Å². The summed E-state index contributed by atoms with van der Waals surface area (Å²) in [5, 5.41) is 0. The van der Waals surface area contributed by atoms with Crippen LogP contribution in [-0.4, -0.2) is 30.1 Å². The molecule has 0 bridgehead atoms. The van der Waals surface area contributed by atoms with Crippen molar-refractivity contribution >= 4 is 0 Å². The fraction of sp³-hybridized carbons (Fsp3) is 1.00. The van der Waals surface area contributed by atoms with Crippen molar-refractivity contribution in [2.24, 2.45) is 11.7 Å². The average molecular weight is 154 g/mol. The van der Waals surface area contributed by atoms with Gasteiger partial charge in [0.05, 0.1) is 0 Å². The summed E-state index contributed by atoms with van der Waals surface area (Å²) in [6, 6.07) is 1.35. The highest BCUT2D eigenvalue weighted by Gasteiger charge is 2.36. The molecule has 1 saturated heterocycles. The van der Waals surface area contributed by atoms with E-state index in [9.17, 15) is 0 Å². The van der Waals surface area contributed by atoms with E-state index in [-0.39, 0.29) is 0 Å². The van der Waals surface area contributed by atoms with Crippen molar-refractivity contribution in [3.63, 3.8) is 0 Å². The summed E-state index contributed by atoms with van der Waals surface area (Å²) in [6.45, 7) is 4.91. The van der Waals surface area contributed by atoms with E-state index in [1.165, 1.54) is 32.4 Å². The molecule has 11 heavy (non-hydrogen) atoms. The molecule has 0 aromatic carbocycles. The van der Waals surface area contributed by atoms with E-state index < -0.39 is 0 Å². The van der Waals surface area contributed by atoms with E-state index in [1.807, 2.05) is 0 Å². The summed E-state index contributed by atoms with van der Waals surface area (Å²) < 4.78 is 0. The highest BCUT2D eigenvalue weighted by atomic mass is 15.2. The van der Waals surface area contributed by atoms with Gasteiger partial charge in [-0.2, -0.15) is 0 Å². The lowest BCUT2D eigenvalue weighted by Gasteiger charge is -2.20. The maximum absolute atomic E-state index is 5.76. The molecule has 1 heterocycles. The Hall–Kier alpha value is -0.0800. The molecular weight excluding hydrogens is 136 g/mol. The molecule has 0 aromatic heterocycles. The Morgan fingerprint density at radius 3 is 2.73 bits per heavy atom. The molecule has 64 valence electrons. The van der Waals surface area contributed by atoms with Gasteiger partial charge in [0.1, 0.15) is 0 Å². The van der Waals surface area contributed by atoms with Crippen LogP contribution in [0.1, 0.15) is 26.2 Å². The van der Waals surface area contributed by atoms with Crippen molar-refractivity contribution in [3.05, 3.63) is 0 Å². The lowest BCUT2D eigenvalue weighted by atomic mass is 10.2. The second kappa shape index (κ2) is 2.76. The van der Waals surface area contributed by atoms with Gasteiger partial charge in [0.2, 0.25) is 0 Å². The molecule has 2 nitrogen and oxygen atoms in total. The van der Waals surface area contributed by atoms with Crippen molar-refractivity contribution in [1.29, 1.82) is 0 Å². The lowest BCUT2D eigenvalue weighted by Crippen LogP contribution is -2.30. The Morgan fingerprint density at radius 1 is 1.55 bits per heavy atom. The third-order valence-electron chi connectivity index (χ3n) is 3.14. The van der Waals surface area contributed by atoms with Crippen LogP contribution in [0.2, 0.25) is 0 Å². The molecule has 0 aromatic rings. The highest BCUT2D eigenvalue weighted by Crippen LogP contribution is 2.31. The number of nitrogens with zero attached hydrogens (tertiary/aromatic N) is 1. The first-order valence-corrected chi connectivity index (χ1v) is 4.77. The van der Waals surface area contributed by atoms with Gasteiger partial charge in [-0.25, -0.2) is 0 Å². The van der Waals surface area contributed by atoms with Crippen molar-refractivity contribution in [1.82, 2.24) is 4.90 Å². The summed E-state index contributed by atoms with van der Waals surface area (Å²) in [4.78, 5) is 2.59. The van der Waals surface area contributed by atoms with Crippen molar-refractivity contribution < 1.29 is 0 Å². The van der Waals surface area contributed by atoms with Gasteiger partial charge in [-0.3, -0.25) is 0 Å². The molecule has 2 N–H and O–H groups in total. The molecule has 3 atom stereocenters. The van der Waals surface area contributed by atoms with Crippen LogP contribution in [0.25, 0.3) is 0 Å². The molecule has 2 heteroatoms. The summed E-state index contributed by atoms with van der Waals surface area (Å²) in [6.07, 6.45) is 4.05. The maximum Gasteiger partial charge on any atom is 0.00836 e. The average Bonchev–Trinajstić information content (AvgIpc) is 2.48. The van der Waals surface area contributed by atoms with Crippen LogP contribution in [-0.2, 0) is 0 Å². The van der Waals surface area contributed by atoms with Gasteiger partial charge < -0.3 is 10.6 Å². The first-order chi connectivity index (χ1) is 5.27. The summed E-state index contributed by atoms with van der Waals surface area (Å²) in [5.41, 5.74) is 5.76. The Bertz CT molecular complexity index is 146. The van der Waals surface area contributed by atoms with Gasteiger partial charge in [-0.1, -0.05) is 0 Å². The Kier molecular flexibility index (Phi) is 1.90. The van der Waals surface area contributed by atoms with Crippen LogP contribution in [0.5, 0.6) is 0 Å². The van der Waals surface area contributed by atoms with Gasteiger partial charge in [-0.15, -0.1) is 0 Å². The first-order valence-electron chi connectivity index (χ1n) is 4.77. The van der Waals surface area contributed by atoms with Crippen LogP contribution in [0, 0.1) is 5.92 Å². The second-order valence-electron chi connectivity index (χ2n) is 4.15. The predicted molar refractivity (Wildman–Crippen MR) is 46.4 cm³/mol. The van der Waals surface area contributed by atoms with E-state index in [2.05, 4.69) is 11.8 Å². The van der Waals surface area contributed by atoms with E-state index in [4.69, 9.17) is 5.73 Å². The molecule has 2 rings (SSSR count). The molecule has 0 unspecified atom stereocenters. The van der Waals surface area contributed by atoms with Crippen molar-refractivity contribution in [2.45, 2.75) is 38.3 Å².